The molecule has 1 atom stereocenters. The molecule has 0 aromatic carbocycles. The molecule has 126 valence electrons. The maximum atomic E-state index is 11.3. The Morgan fingerprint density at radius 3 is 1.86 bits per heavy atom. The molecule has 6 heteroatoms. The van der Waals surface area contributed by atoms with Gasteiger partial charge in [0.25, 0.3) is 0 Å². The van der Waals surface area contributed by atoms with Crippen LogP contribution >= 0.6 is 0 Å². The van der Waals surface area contributed by atoms with Gasteiger partial charge in [0.05, 0.1) is 13.0 Å². The van der Waals surface area contributed by atoms with E-state index in [0.29, 0.717) is 6.61 Å². The summed E-state index contributed by atoms with van der Waals surface area (Å²) in [4.78, 5) is 21.7. The third-order valence-corrected chi connectivity index (χ3v) is 3.44. The number of carboxylic acids is 1. The number of rotatable bonds is 14. The minimum atomic E-state index is -1.08. The van der Waals surface area contributed by atoms with Gasteiger partial charge in [0.1, 0.15) is 6.04 Å². The summed E-state index contributed by atoms with van der Waals surface area (Å²) < 4.78 is 4.95. The molecule has 0 amide bonds. The Bertz CT molecular complexity index is 287. The van der Waals surface area contributed by atoms with Gasteiger partial charge in [0.15, 0.2) is 0 Å². The molecule has 0 saturated carbocycles. The zero-order valence-corrected chi connectivity index (χ0v) is 13.3. The molecule has 0 aliphatic carbocycles. The topological polar surface area (TPSA) is 89.6 Å². The van der Waals surface area contributed by atoms with Crippen molar-refractivity contribution >= 4 is 63.3 Å². The van der Waals surface area contributed by atoms with Crippen LogP contribution in [0.2, 0.25) is 0 Å². The minimum absolute atomic E-state index is 0. The molecule has 0 bridgehead atoms. The maximum absolute atomic E-state index is 11.3. The fourth-order valence-corrected chi connectivity index (χ4v) is 2.14. The molecule has 0 rings (SSSR count). The first-order valence-corrected chi connectivity index (χ1v) is 8.22. The Hall–Kier alpha value is 0.536. The van der Waals surface area contributed by atoms with Crippen LogP contribution in [0.25, 0.3) is 0 Å². The SMILES string of the molecule is CCCCCCCCCCCCOC(=O)[C@@H](N)CC(=O)O.[KH]. The molecular weight excluding hydrogens is 309 g/mol. The number of ether oxygens (including phenoxy) is 1. The number of unbranched alkanes of at least 4 members (excludes halogenated alkanes) is 9. The van der Waals surface area contributed by atoms with Gasteiger partial charge in [0, 0.05) is 0 Å². The van der Waals surface area contributed by atoms with E-state index in [0.717, 1.165) is 19.3 Å². The van der Waals surface area contributed by atoms with Crippen LogP contribution in [0.5, 0.6) is 0 Å². The van der Waals surface area contributed by atoms with Crippen molar-refractivity contribution in [2.75, 3.05) is 6.61 Å². The summed E-state index contributed by atoms with van der Waals surface area (Å²) >= 11 is 0. The van der Waals surface area contributed by atoms with Crippen LogP contribution in [-0.2, 0) is 14.3 Å². The van der Waals surface area contributed by atoms with Crippen LogP contribution in [-0.4, -0.2) is 81.1 Å². The van der Waals surface area contributed by atoms with Crippen molar-refractivity contribution in [1.82, 2.24) is 0 Å². The molecule has 0 saturated heterocycles. The first-order chi connectivity index (χ1) is 10.1. The van der Waals surface area contributed by atoms with Crippen molar-refractivity contribution in [3.05, 3.63) is 0 Å². The number of nitrogens with two attached hydrogens (primary N) is 1. The molecule has 3 N–H and O–H groups in total. The van der Waals surface area contributed by atoms with Gasteiger partial charge in [-0.15, -0.1) is 0 Å². The van der Waals surface area contributed by atoms with Crippen LogP contribution in [0.1, 0.15) is 77.6 Å². The van der Waals surface area contributed by atoms with Crippen molar-refractivity contribution < 1.29 is 19.4 Å². The molecule has 0 heterocycles. The van der Waals surface area contributed by atoms with E-state index in [1.54, 1.807) is 0 Å². The number of carboxylic acid groups (broad SMARTS) is 1. The second-order valence-corrected chi connectivity index (χ2v) is 5.55. The normalized spacial score (nSPS) is 11.5. The van der Waals surface area contributed by atoms with Crippen LogP contribution in [0.3, 0.4) is 0 Å². The number of aliphatic carboxylic acids is 1. The zero-order chi connectivity index (χ0) is 15.9. The zero-order valence-electron chi connectivity index (χ0n) is 13.3. The van der Waals surface area contributed by atoms with Gasteiger partial charge in [-0.25, -0.2) is 0 Å². The summed E-state index contributed by atoms with van der Waals surface area (Å²) in [7, 11) is 0. The van der Waals surface area contributed by atoms with E-state index in [1.807, 2.05) is 0 Å². The first-order valence-electron chi connectivity index (χ1n) is 8.22. The third kappa shape index (κ3) is 16.9. The molecule has 0 radical (unpaired) electrons. The van der Waals surface area contributed by atoms with E-state index in [-0.39, 0.29) is 57.8 Å². The summed E-state index contributed by atoms with van der Waals surface area (Å²) in [6, 6.07) is -1.05. The molecule has 0 spiro atoms. The number of carbonyl (C=O) groups excluding carboxylic acids is 1. The Morgan fingerprint density at radius 1 is 0.955 bits per heavy atom. The predicted octanol–water partition coefficient (Wildman–Crippen LogP) is 2.60. The van der Waals surface area contributed by atoms with E-state index in [9.17, 15) is 9.59 Å². The number of esters is 1. The van der Waals surface area contributed by atoms with Crippen LogP contribution in [0.4, 0.5) is 0 Å². The molecule has 5 nitrogen and oxygen atoms in total. The van der Waals surface area contributed by atoms with Gasteiger partial charge >= 0.3 is 63.3 Å². The molecule has 22 heavy (non-hydrogen) atoms. The molecular formula is C16H32KNO4. The van der Waals surface area contributed by atoms with E-state index < -0.39 is 18.0 Å². The van der Waals surface area contributed by atoms with Gasteiger partial charge in [-0.2, -0.15) is 0 Å². The molecule has 0 fully saturated rings. The molecule has 0 aromatic heterocycles. The van der Waals surface area contributed by atoms with Gasteiger partial charge in [-0.1, -0.05) is 64.7 Å². The fourth-order valence-electron chi connectivity index (χ4n) is 2.14. The first kappa shape index (κ1) is 24.8. The average molecular weight is 342 g/mol. The van der Waals surface area contributed by atoms with Gasteiger partial charge in [-0.3, -0.25) is 9.59 Å². The van der Waals surface area contributed by atoms with Gasteiger partial charge in [0.2, 0.25) is 0 Å². The Kier molecular flexibility index (Phi) is 20.1. The third-order valence-electron chi connectivity index (χ3n) is 3.44. The average Bonchev–Trinajstić information content (AvgIpc) is 2.43. The quantitative estimate of drug-likeness (QED) is 0.288. The predicted molar refractivity (Wildman–Crippen MR) is 90.2 cm³/mol. The summed E-state index contributed by atoms with van der Waals surface area (Å²) in [5, 5.41) is 8.51. The van der Waals surface area contributed by atoms with E-state index in [2.05, 4.69) is 6.92 Å². The molecule has 0 aromatic rings. The summed E-state index contributed by atoms with van der Waals surface area (Å²) in [5.41, 5.74) is 5.39. The summed E-state index contributed by atoms with van der Waals surface area (Å²) in [6.45, 7) is 2.56. The van der Waals surface area contributed by atoms with E-state index in [1.165, 1.54) is 44.9 Å². The van der Waals surface area contributed by atoms with Crippen molar-refractivity contribution in [2.24, 2.45) is 5.73 Å². The molecule has 0 unspecified atom stereocenters. The standard InChI is InChI=1S/C16H31NO4.K.H/c1-2-3-4-5-6-7-8-9-10-11-12-21-16(20)14(17)13-15(18)19;;/h14H,2-13,17H2,1H3,(H,18,19);;/t14-;;/m0../s1. The second-order valence-electron chi connectivity index (χ2n) is 5.55. The van der Waals surface area contributed by atoms with Crippen molar-refractivity contribution in [3.63, 3.8) is 0 Å². The Labute approximate surface area is 177 Å². The van der Waals surface area contributed by atoms with Crippen LogP contribution < -0.4 is 5.73 Å². The van der Waals surface area contributed by atoms with Gasteiger partial charge in [-0.05, 0) is 6.42 Å². The van der Waals surface area contributed by atoms with Crippen LogP contribution in [0, 0.1) is 0 Å². The fraction of sp³-hybridized carbons (Fsp3) is 0.875. The van der Waals surface area contributed by atoms with Gasteiger partial charge < -0.3 is 15.6 Å². The van der Waals surface area contributed by atoms with Crippen molar-refractivity contribution in [2.45, 2.75) is 83.6 Å². The molecule has 0 aliphatic heterocycles. The number of hydrogen-bond donors (Lipinski definition) is 2. The van der Waals surface area contributed by atoms with E-state index >= 15 is 0 Å². The van der Waals surface area contributed by atoms with E-state index in [4.69, 9.17) is 15.6 Å². The number of carbonyl (C=O) groups is 2. The monoisotopic (exact) mass is 341 g/mol. The van der Waals surface area contributed by atoms with Crippen molar-refractivity contribution in [3.8, 4) is 0 Å². The second kappa shape index (κ2) is 17.9. The molecule has 0 aliphatic rings. The van der Waals surface area contributed by atoms with Crippen LogP contribution in [0.15, 0.2) is 0 Å². The Morgan fingerprint density at radius 2 is 1.41 bits per heavy atom. The number of hydrogen-bond acceptors (Lipinski definition) is 4. The van der Waals surface area contributed by atoms with Crippen molar-refractivity contribution in [1.29, 1.82) is 0 Å². The summed E-state index contributed by atoms with van der Waals surface area (Å²) in [6.07, 6.45) is 11.8. The summed E-state index contributed by atoms with van der Waals surface area (Å²) in [5.74, 6) is -1.70. The Balaban J connectivity index is 0.